The Balaban J connectivity index is 1.50. The summed E-state index contributed by atoms with van der Waals surface area (Å²) in [5.41, 5.74) is 2.97. The Labute approximate surface area is 171 Å². The van der Waals surface area contributed by atoms with Crippen molar-refractivity contribution in [2.45, 2.75) is 13.2 Å². The van der Waals surface area contributed by atoms with E-state index in [0.717, 1.165) is 22.9 Å². The maximum Gasteiger partial charge on any atom is 0.340 e. The number of esters is 2. The van der Waals surface area contributed by atoms with Crippen LogP contribution in [-0.4, -0.2) is 20.7 Å². The van der Waals surface area contributed by atoms with Gasteiger partial charge in [0.2, 0.25) is 0 Å². The van der Waals surface area contributed by atoms with Gasteiger partial charge in [-0.2, -0.15) is 8.75 Å². The monoisotopic (exact) mass is 404 g/mol. The van der Waals surface area contributed by atoms with Crippen LogP contribution in [0, 0.1) is 0 Å². The molecular weight excluding hydrogens is 388 g/mol. The Bertz CT molecular complexity index is 1050. The summed E-state index contributed by atoms with van der Waals surface area (Å²) in [5.74, 6) is -1.04. The first kappa shape index (κ1) is 18.8. The zero-order chi connectivity index (χ0) is 20.1. The van der Waals surface area contributed by atoms with Crippen molar-refractivity contribution in [3.05, 3.63) is 95.1 Å². The van der Waals surface area contributed by atoms with Crippen LogP contribution in [0.25, 0.3) is 11.0 Å². The molecule has 0 radical (unpaired) electrons. The molecule has 0 fully saturated rings. The average Bonchev–Trinajstić information content (AvgIpc) is 3.26. The number of benzene rings is 3. The lowest BCUT2D eigenvalue weighted by atomic mass is 10.1. The Morgan fingerprint density at radius 3 is 1.48 bits per heavy atom. The van der Waals surface area contributed by atoms with Crippen molar-refractivity contribution in [2.75, 3.05) is 0 Å². The van der Waals surface area contributed by atoms with Crippen molar-refractivity contribution < 1.29 is 19.1 Å². The predicted octanol–water partition coefficient (Wildman–Crippen LogP) is 4.41. The van der Waals surface area contributed by atoms with Crippen molar-refractivity contribution >= 4 is 34.7 Å². The highest BCUT2D eigenvalue weighted by Crippen LogP contribution is 2.23. The first-order valence-electron chi connectivity index (χ1n) is 8.90. The van der Waals surface area contributed by atoms with E-state index in [9.17, 15) is 9.59 Å². The first-order valence-corrected chi connectivity index (χ1v) is 9.63. The van der Waals surface area contributed by atoms with Crippen LogP contribution in [0.2, 0.25) is 0 Å². The van der Waals surface area contributed by atoms with E-state index in [1.165, 1.54) is 12.1 Å². The van der Waals surface area contributed by atoms with Crippen LogP contribution in [0.5, 0.6) is 0 Å². The van der Waals surface area contributed by atoms with E-state index in [-0.39, 0.29) is 24.3 Å². The van der Waals surface area contributed by atoms with Crippen LogP contribution in [0.15, 0.2) is 72.8 Å². The molecule has 3 aromatic carbocycles. The summed E-state index contributed by atoms with van der Waals surface area (Å²) < 4.78 is 19.1. The maximum absolute atomic E-state index is 12.5. The van der Waals surface area contributed by atoms with Crippen LogP contribution >= 0.6 is 11.7 Å². The topological polar surface area (TPSA) is 78.4 Å². The Hall–Kier alpha value is -3.58. The quantitative estimate of drug-likeness (QED) is 0.443. The van der Waals surface area contributed by atoms with Crippen molar-refractivity contribution in [2.24, 2.45) is 0 Å². The molecule has 144 valence electrons. The summed E-state index contributed by atoms with van der Waals surface area (Å²) >= 11 is 0.929. The third kappa shape index (κ3) is 4.30. The fourth-order valence-electron chi connectivity index (χ4n) is 2.80. The highest BCUT2D eigenvalue weighted by Gasteiger charge is 2.21. The minimum absolute atomic E-state index is 0.152. The third-order valence-corrected chi connectivity index (χ3v) is 4.81. The Kier molecular flexibility index (Phi) is 5.58. The molecule has 1 heterocycles. The number of carbonyl (C=O) groups is 2. The molecule has 0 saturated heterocycles. The predicted molar refractivity (Wildman–Crippen MR) is 109 cm³/mol. The highest BCUT2D eigenvalue weighted by molar-refractivity contribution is 7.00. The van der Waals surface area contributed by atoms with E-state index in [0.29, 0.717) is 11.0 Å². The molecule has 4 aromatic rings. The van der Waals surface area contributed by atoms with Gasteiger partial charge in [0, 0.05) is 0 Å². The maximum atomic E-state index is 12.5. The van der Waals surface area contributed by atoms with Crippen LogP contribution in [-0.2, 0) is 22.7 Å². The van der Waals surface area contributed by atoms with Crippen molar-refractivity contribution in [1.82, 2.24) is 8.75 Å². The lowest BCUT2D eigenvalue weighted by Gasteiger charge is -2.08. The van der Waals surface area contributed by atoms with Gasteiger partial charge >= 0.3 is 11.9 Å². The summed E-state index contributed by atoms with van der Waals surface area (Å²) in [6, 6.07) is 21.8. The molecule has 0 unspecified atom stereocenters. The van der Waals surface area contributed by atoms with Crippen LogP contribution in [0.4, 0.5) is 0 Å². The number of nitrogens with zero attached hydrogens (tertiary/aromatic N) is 2. The number of hydrogen-bond donors (Lipinski definition) is 0. The molecule has 0 aliphatic rings. The van der Waals surface area contributed by atoms with Crippen LogP contribution < -0.4 is 0 Å². The minimum atomic E-state index is -0.518. The second kappa shape index (κ2) is 8.62. The van der Waals surface area contributed by atoms with Gasteiger partial charge in [0.05, 0.1) is 22.9 Å². The van der Waals surface area contributed by atoms with Crippen molar-refractivity contribution in [3.8, 4) is 0 Å². The molecule has 0 amide bonds. The van der Waals surface area contributed by atoms with Crippen molar-refractivity contribution in [3.63, 3.8) is 0 Å². The van der Waals surface area contributed by atoms with Gasteiger partial charge in [-0.05, 0) is 23.3 Å². The Morgan fingerprint density at radius 2 is 1.07 bits per heavy atom. The fourth-order valence-corrected chi connectivity index (χ4v) is 3.37. The number of fused-ring (bicyclic) bond motifs is 1. The number of carbonyl (C=O) groups excluding carboxylic acids is 2. The summed E-state index contributed by atoms with van der Waals surface area (Å²) in [6.45, 7) is 0.305. The molecule has 1 aromatic heterocycles. The molecule has 4 rings (SSSR count). The van der Waals surface area contributed by atoms with Gasteiger partial charge in [-0.25, -0.2) is 9.59 Å². The van der Waals surface area contributed by atoms with Gasteiger partial charge in [0.25, 0.3) is 0 Å². The summed E-state index contributed by atoms with van der Waals surface area (Å²) in [6.07, 6.45) is 0. The van der Waals surface area contributed by atoms with E-state index < -0.39 is 11.9 Å². The summed E-state index contributed by atoms with van der Waals surface area (Å²) in [4.78, 5) is 25.0. The van der Waals surface area contributed by atoms with Gasteiger partial charge in [-0.15, -0.1) is 0 Å². The van der Waals surface area contributed by atoms with E-state index in [1.807, 2.05) is 60.7 Å². The normalized spacial score (nSPS) is 10.6. The molecule has 0 atom stereocenters. The molecule has 7 heteroatoms. The van der Waals surface area contributed by atoms with Gasteiger partial charge in [-0.3, -0.25) is 0 Å². The number of aromatic nitrogens is 2. The molecule has 6 nitrogen and oxygen atoms in total. The fraction of sp³-hybridized carbons (Fsp3) is 0.0909. The molecule has 0 spiro atoms. The molecular formula is C22H16N2O4S. The SMILES string of the molecule is O=C(OCc1ccccc1)c1ccc(C(=O)OCc2ccccc2)c2nsnc12. The molecule has 0 bridgehead atoms. The van der Waals surface area contributed by atoms with Gasteiger partial charge in [-0.1, -0.05) is 60.7 Å². The molecule has 0 saturated carbocycles. The lowest BCUT2D eigenvalue weighted by Crippen LogP contribution is -2.09. The second-order valence-corrected chi connectivity index (χ2v) is 6.77. The molecule has 0 aliphatic carbocycles. The largest absolute Gasteiger partial charge is 0.457 e. The van der Waals surface area contributed by atoms with E-state index in [1.54, 1.807) is 0 Å². The molecule has 0 N–H and O–H groups in total. The number of hydrogen-bond acceptors (Lipinski definition) is 7. The van der Waals surface area contributed by atoms with Gasteiger partial charge in [0.1, 0.15) is 24.2 Å². The third-order valence-electron chi connectivity index (χ3n) is 4.28. The minimum Gasteiger partial charge on any atom is -0.457 e. The zero-order valence-electron chi connectivity index (χ0n) is 15.3. The lowest BCUT2D eigenvalue weighted by molar-refractivity contribution is 0.0461. The smallest absolute Gasteiger partial charge is 0.340 e. The van der Waals surface area contributed by atoms with Gasteiger partial charge < -0.3 is 9.47 Å². The van der Waals surface area contributed by atoms with E-state index in [2.05, 4.69) is 8.75 Å². The summed E-state index contributed by atoms with van der Waals surface area (Å²) in [5, 5.41) is 0. The van der Waals surface area contributed by atoms with E-state index >= 15 is 0 Å². The molecule has 29 heavy (non-hydrogen) atoms. The molecule has 0 aliphatic heterocycles. The summed E-state index contributed by atoms with van der Waals surface area (Å²) in [7, 11) is 0. The number of ether oxygens (including phenoxy) is 2. The Morgan fingerprint density at radius 1 is 0.655 bits per heavy atom. The van der Waals surface area contributed by atoms with Crippen LogP contribution in [0.3, 0.4) is 0 Å². The van der Waals surface area contributed by atoms with Crippen molar-refractivity contribution in [1.29, 1.82) is 0 Å². The second-order valence-electron chi connectivity index (χ2n) is 6.25. The number of rotatable bonds is 6. The highest BCUT2D eigenvalue weighted by atomic mass is 32.1. The first-order chi connectivity index (χ1) is 14.2. The van der Waals surface area contributed by atoms with Gasteiger partial charge in [0.15, 0.2) is 0 Å². The van der Waals surface area contributed by atoms with Crippen LogP contribution in [0.1, 0.15) is 31.8 Å². The van der Waals surface area contributed by atoms with E-state index in [4.69, 9.17) is 9.47 Å². The zero-order valence-corrected chi connectivity index (χ0v) is 16.1. The average molecular weight is 404 g/mol. The standard InChI is InChI=1S/C22H16N2O4S/c25-21(27-13-15-7-3-1-4-8-15)17-11-12-18(20-19(17)23-29-24-20)22(26)28-14-16-9-5-2-6-10-16/h1-12H,13-14H2.